The minimum Gasteiger partial charge on any atom is -0.478 e. The second-order valence-electron chi connectivity index (χ2n) is 2.86. The maximum atomic E-state index is 10.8. The zero-order valence-electron chi connectivity index (χ0n) is 6.62. The first-order valence-electron chi connectivity index (χ1n) is 3.87. The Balaban J connectivity index is 2.13. The quantitative estimate of drug-likeness (QED) is 0.589. The van der Waals surface area contributed by atoms with Crippen molar-refractivity contribution in [3.63, 3.8) is 0 Å². The Morgan fingerprint density at radius 3 is 2.58 bits per heavy atom. The van der Waals surface area contributed by atoms with Crippen LogP contribution < -0.4 is 5.32 Å². The predicted octanol–water partition coefficient (Wildman–Crippen LogP) is 0.153. The fraction of sp³-hybridized carbons (Fsp3) is 0.500. The summed E-state index contributed by atoms with van der Waals surface area (Å²) < 4.78 is 0. The van der Waals surface area contributed by atoms with Crippen LogP contribution in [0, 0.1) is 5.92 Å². The van der Waals surface area contributed by atoms with Crippen LogP contribution in [-0.4, -0.2) is 23.5 Å². The molecule has 0 spiro atoms. The molecule has 0 heterocycles. The molecule has 2 N–H and O–H groups in total. The van der Waals surface area contributed by atoms with Gasteiger partial charge in [0.2, 0.25) is 5.91 Å². The number of hydrogen-bond donors (Lipinski definition) is 2. The third-order valence-electron chi connectivity index (χ3n) is 1.64. The van der Waals surface area contributed by atoms with Crippen LogP contribution in [0.2, 0.25) is 0 Å². The van der Waals surface area contributed by atoms with Gasteiger partial charge in [0, 0.05) is 18.7 Å². The number of aliphatic carboxylic acids is 1. The maximum Gasteiger partial charge on any atom is 0.328 e. The van der Waals surface area contributed by atoms with Crippen molar-refractivity contribution in [1.82, 2.24) is 5.32 Å². The molecule has 0 aliphatic heterocycles. The Bertz CT molecular complexity index is 218. The molecule has 1 aliphatic carbocycles. The molecule has 66 valence electrons. The number of hydrogen-bond acceptors (Lipinski definition) is 2. The van der Waals surface area contributed by atoms with Gasteiger partial charge in [-0.05, 0) is 18.8 Å². The molecule has 1 fully saturated rings. The van der Waals surface area contributed by atoms with Gasteiger partial charge in [-0.3, -0.25) is 4.79 Å². The monoisotopic (exact) mass is 169 g/mol. The molecule has 4 nitrogen and oxygen atoms in total. The second kappa shape index (κ2) is 3.90. The lowest BCUT2D eigenvalue weighted by atomic mass is 10.4. The molecule has 0 radical (unpaired) electrons. The minimum absolute atomic E-state index is 0.329. The van der Waals surface area contributed by atoms with Crippen molar-refractivity contribution >= 4 is 11.9 Å². The highest BCUT2D eigenvalue weighted by molar-refractivity contribution is 5.93. The molecule has 12 heavy (non-hydrogen) atoms. The van der Waals surface area contributed by atoms with Gasteiger partial charge in [-0.25, -0.2) is 4.79 Å². The summed E-state index contributed by atoms with van der Waals surface area (Å²) in [5.74, 6) is -0.812. The molecule has 0 aromatic carbocycles. The highest BCUT2D eigenvalue weighted by Gasteiger charge is 2.20. The molecule has 0 bridgehead atoms. The first-order valence-corrected chi connectivity index (χ1v) is 3.87. The van der Waals surface area contributed by atoms with E-state index >= 15 is 0 Å². The summed E-state index contributed by atoms with van der Waals surface area (Å²) in [6.07, 6.45) is 4.21. The van der Waals surface area contributed by atoms with Gasteiger partial charge in [-0.1, -0.05) is 0 Å². The van der Waals surface area contributed by atoms with E-state index in [1.807, 2.05) is 0 Å². The number of nitrogens with one attached hydrogen (secondary N) is 1. The second-order valence-corrected chi connectivity index (χ2v) is 2.86. The lowest BCUT2D eigenvalue weighted by molar-refractivity contribution is -0.131. The van der Waals surface area contributed by atoms with Gasteiger partial charge in [0.25, 0.3) is 0 Å². The molecular formula is C8H11NO3. The highest BCUT2D eigenvalue weighted by Crippen LogP contribution is 2.27. The largest absolute Gasteiger partial charge is 0.478 e. The summed E-state index contributed by atoms with van der Waals surface area (Å²) in [5, 5.41) is 10.8. The van der Waals surface area contributed by atoms with Crippen molar-refractivity contribution in [3.05, 3.63) is 12.2 Å². The number of carboxylic acid groups (broad SMARTS) is 1. The van der Waals surface area contributed by atoms with E-state index < -0.39 is 5.97 Å². The zero-order valence-corrected chi connectivity index (χ0v) is 6.62. The van der Waals surface area contributed by atoms with Gasteiger partial charge in [0.1, 0.15) is 0 Å². The van der Waals surface area contributed by atoms with Gasteiger partial charge < -0.3 is 10.4 Å². The lowest BCUT2D eigenvalue weighted by Crippen LogP contribution is -2.23. The van der Waals surface area contributed by atoms with Crippen molar-refractivity contribution in [2.24, 2.45) is 5.92 Å². The third kappa shape index (κ3) is 3.75. The molecule has 1 aliphatic rings. The van der Waals surface area contributed by atoms with E-state index in [1.165, 1.54) is 12.8 Å². The SMILES string of the molecule is O=C(O)/C=C/C(=O)NCC1CC1. The number of rotatable bonds is 4. The fourth-order valence-electron chi connectivity index (χ4n) is 0.773. The van der Waals surface area contributed by atoms with E-state index in [-0.39, 0.29) is 5.91 Å². The summed E-state index contributed by atoms with van der Waals surface area (Å²) in [4.78, 5) is 20.8. The molecule has 1 rings (SSSR count). The number of carboxylic acids is 1. The molecular weight excluding hydrogens is 158 g/mol. The Labute approximate surface area is 70.3 Å². The van der Waals surface area contributed by atoms with E-state index in [4.69, 9.17) is 5.11 Å². The standard InChI is InChI=1S/C8H11NO3/c10-7(3-4-8(11)12)9-5-6-1-2-6/h3-4,6H,1-2,5H2,(H,9,10)(H,11,12)/b4-3+. The van der Waals surface area contributed by atoms with Crippen LogP contribution in [0.4, 0.5) is 0 Å². The highest BCUT2D eigenvalue weighted by atomic mass is 16.4. The Hall–Kier alpha value is -1.32. The van der Waals surface area contributed by atoms with Crippen molar-refractivity contribution in [1.29, 1.82) is 0 Å². The third-order valence-corrected chi connectivity index (χ3v) is 1.64. The van der Waals surface area contributed by atoms with E-state index in [1.54, 1.807) is 0 Å². The number of carbonyl (C=O) groups excluding carboxylic acids is 1. The van der Waals surface area contributed by atoms with Gasteiger partial charge >= 0.3 is 5.97 Å². The van der Waals surface area contributed by atoms with Crippen LogP contribution in [0.5, 0.6) is 0 Å². The number of carbonyl (C=O) groups is 2. The Morgan fingerprint density at radius 1 is 1.42 bits per heavy atom. The normalized spacial score (nSPS) is 16.3. The van der Waals surface area contributed by atoms with E-state index in [2.05, 4.69) is 5.32 Å². The molecule has 0 unspecified atom stereocenters. The first-order chi connectivity index (χ1) is 5.68. The summed E-state index contributed by atoms with van der Waals surface area (Å²) in [6, 6.07) is 0. The van der Waals surface area contributed by atoms with Gasteiger partial charge in [0.05, 0.1) is 0 Å². The van der Waals surface area contributed by atoms with Crippen LogP contribution in [0.1, 0.15) is 12.8 Å². The topological polar surface area (TPSA) is 66.4 Å². The molecule has 0 aromatic heterocycles. The van der Waals surface area contributed by atoms with Crippen LogP contribution in [0.3, 0.4) is 0 Å². The molecule has 0 saturated heterocycles. The fourth-order valence-corrected chi connectivity index (χ4v) is 0.773. The summed E-state index contributed by atoms with van der Waals surface area (Å²) in [6.45, 7) is 0.669. The average molecular weight is 169 g/mol. The molecule has 0 aromatic rings. The van der Waals surface area contributed by atoms with E-state index in [0.717, 1.165) is 12.2 Å². The zero-order chi connectivity index (χ0) is 8.97. The average Bonchev–Trinajstić information content (AvgIpc) is 2.80. The van der Waals surface area contributed by atoms with Gasteiger partial charge in [-0.2, -0.15) is 0 Å². The van der Waals surface area contributed by atoms with Crippen LogP contribution >= 0.6 is 0 Å². The summed E-state index contributed by atoms with van der Waals surface area (Å²) in [5.41, 5.74) is 0. The van der Waals surface area contributed by atoms with Gasteiger partial charge in [-0.15, -0.1) is 0 Å². The molecule has 1 amide bonds. The van der Waals surface area contributed by atoms with Crippen molar-refractivity contribution in [2.45, 2.75) is 12.8 Å². The van der Waals surface area contributed by atoms with Crippen molar-refractivity contribution < 1.29 is 14.7 Å². The molecule has 1 saturated carbocycles. The van der Waals surface area contributed by atoms with Crippen LogP contribution in [-0.2, 0) is 9.59 Å². The van der Waals surface area contributed by atoms with Gasteiger partial charge in [0.15, 0.2) is 0 Å². The molecule has 0 atom stereocenters. The smallest absolute Gasteiger partial charge is 0.328 e. The van der Waals surface area contributed by atoms with E-state index in [0.29, 0.717) is 12.5 Å². The summed E-state index contributed by atoms with van der Waals surface area (Å²) >= 11 is 0. The lowest BCUT2D eigenvalue weighted by Gasteiger charge is -1.97. The van der Waals surface area contributed by atoms with E-state index in [9.17, 15) is 9.59 Å². The Morgan fingerprint density at radius 2 is 2.08 bits per heavy atom. The van der Waals surface area contributed by atoms with Crippen LogP contribution in [0.15, 0.2) is 12.2 Å². The maximum absolute atomic E-state index is 10.8. The first kappa shape index (κ1) is 8.77. The van der Waals surface area contributed by atoms with Crippen LogP contribution in [0.25, 0.3) is 0 Å². The van der Waals surface area contributed by atoms with Crippen molar-refractivity contribution in [2.75, 3.05) is 6.54 Å². The minimum atomic E-state index is -1.10. The Kier molecular flexibility index (Phi) is 2.85. The van der Waals surface area contributed by atoms with Crippen molar-refractivity contribution in [3.8, 4) is 0 Å². The predicted molar refractivity (Wildman–Crippen MR) is 42.5 cm³/mol. The number of amides is 1. The molecule has 4 heteroatoms. The summed E-state index contributed by atoms with van der Waals surface area (Å²) in [7, 11) is 0.